The van der Waals surface area contributed by atoms with Crippen molar-refractivity contribution in [2.24, 2.45) is 0 Å². The minimum atomic E-state index is -2.02. The first-order chi connectivity index (χ1) is 69.0. The van der Waals surface area contributed by atoms with Crippen LogP contribution in [-0.2, 0) is 164 Å². The van der Waals surface area contributed by atoms with Gasteiger partial charge in [-0.25, -0.2) is 0 Å². The van der Waals surface area contributed by atoms with Gasteiger partial charge in [-0.05, 0) is 95.1 Å². The van der Waals surface area contributed by atoms with Crippen molar-refractivity contribution in [2.45, 2.75) is 229 Å². The third-order valence-electron chi connectivity index (χ3n) is 25.5. The number of benzene rings is 11. The van der Waals surface area contributed by atoms with Crippen molar-refractivity contribution >= 4 is 47.1 Å². The number of carbonyl (C=O) groups is 8. The number of hydrogen-bond donors (Lipinski definition) is 0. The second-order valence-electron chi connectivity index (χ2n) is 35.6. The number of fused-ring (bicyclic) bond motifs is 2. The third kappa shape index (κ3) is 25.6. The Balaban J connectivity index is 0.848. The molecule has 0 unspecified atom stereocenters. The molecule has 4 fully saturated rings. The lowest BCUT2D eigenvalue weighted by atomic mass is 9.92. The molecule has 0 aromatic heterocycles. The fourth-order valence-electron chi connectivity index (χ4n) is 18.3. The number of imide groups is 2. The Kier molecular flexibility index (Phi) is 34.8. The molecule has 0 spiro atoms. The predicted octanol–water partition coefficient (Wildman–Crippen LogP) is 15.7. The summed E-state index contributed by atoms with van der Waals surface area (Å²) >= 11 is 0. The van der Waals surface area contributed by atoms with E-state index in [1.165, 1.54) is 26.0 Å². The summed E-state index contributed by atoms with van der Waals surface area (Å²) in [7, 11) is 0. The summed E-state index contributed by atoms with van der Waals surface area (Å²) in [5.41, 5.74) is 6.57. The van der Waals surface area contributed by atoms with Crippen molar-refractivity contribution in [3.8, 4) is 0 Å². The lowest BCUT2D eigenvalue weighted by Gasteiger charge is -2.53. The van der Waals surface area contributed by atoms with E-state index in [-0.39, 0.29) is 113 Å². The van der Waals surface area contributed by atoms with E-state index in [2.05, 4.69) is 0 Å². The summed E-state index contributed by atoms with van der Waals surface area (Å²) in [6.45, 7) is 2.10. The number of esters is 2. The number of hydrogen-bond acceptors (Lipinski definition) is 26. The fraction of sp³-hybridized carbons (Fsp3) is 0.345. The first-order valence-corrected chi connectivity index (χ1v) is 47.7. The van der Waals surface area contributed by atoms with Gasteiger partial charge < -0.3 is 94.9 Å². The van der Waals surface area contributed by atoms with Gasteiger partial charge in [0.05, 0.1) is 114 Å². The van der Waals surface area contributed by atoms with E-state index in [1.54, 1.807) is 36.4 Å². The second-order valence-corrected chi connectivity index (χ2v) is 35.6. The van der Waals surface area contributed by atoms with Crippen LogP contribution >= 0.6 is 0 Å². The van der Waals surface area contributed by atoms with E-state index in [1.807, 2.05) is 280 Å². The number of amides is 4. The molecule has 6 aliphatic rings. The molecule has 28 heteroatoms. The van der Waals surface area contributed by atoms with Crippen LogP contribution in [0.25, 0.3) is 0 Å². The predicted molar refractivity (Wildman–Crippen MR) is 511 cm³/mol. The molecule has 0 radical (unpaired) electrons. The molecule has 11 aromatic rings. The standard InChI is InChI=1S/C113H114N2O26/c1-73(116)57-59-92(118)125-71-90-97(127-63-78-39-17-6-18-40-78)103(139-93(119)60-58-74(2)117)105(132-68-83-49-27-11-28-50-83)113(138-90)141-98-89(70-124-61-76-35-13-4-14-36-76)137-111(95(101(98)129-65-80-43-21-8-22-44-80)115-108(122)87-55-33-34-56-88(87)109(115)123)140-99-91(136-110(133-69-84-51-29-12-30-52-84)94(100(99)128-64-79-41-19-7-20-42-79)114-106(120)85-53-31-32-54-86(85)107(114)121)72-134-112-104(131-67-82-47-25-10-26-48-82)102(130-66-81-45-23-9-24-46-81)96(75(3)135-112)126-62-77-37-15-5-16-38-77/h4-56,75,89-91,94-105,110-113H,57-72H2,1-3H3/t75-,89+,90+,91+,94+,95+,96+,97+,98+,99+,100+,101+,102+,103-,104-,105-,110+,111-,112+,113-/m0/s1. The Morgan fingerprint density at radius 1 is 0.255 bits per heavy atom. The number of nitrogens with zero attached hydrogens (tertiary/aromatic N) is 2. The average molecular weight is 1920 g/mol. The van der Waals surface area contributed by atoms with Gasteiger partial charge in [-0.3, -0.25) is 38.6 Å². The molecule has 0 aliphatic carbocycles. The number of ketones is 2. The molecule has 17 rings (SSSR count). The van der Waals surface area contributed by atoms with Crippen LogP contribution in [0.3, 0.4) is 0 Å². The molecule has 6 heterocycles. The van der Waals surface area contributed by atoms with Crippen LogP contribution in [0.4, 0.5) is 0 Å². The minimum Gasteiger partial charge on any atom is -0.463 e. The van der Waals surface area contributed by atoms with Crippen LogP contribution in [0.2, 0.25) is 0 Å². The molecule has 732 valence electrons. The molecule has 4 saturated heterocycles. The average Bonchev–Trinajstić information content (AvgIpc) is 1.64. The van der Waals surface area contributed by atoms with Crippen molar-refractivity contribution in [1.29, 1.82) is 0 Å². The van der Waals surface area contributed by atoms with Gasteiger partial charge in [0, 0.05) is 12.8 Å². The van der Waals surface area contributed by atoms with E-state index in [0.717, 1.165) is 32.1 Å². The minimum absolute atomic E-state index is 0.0135. The highest BCUT2D eigenvalue weighted by Crippen LogP contribution is 2.45. The smallest absolute Gasteiger partial charge is 0.306 e. The van der Waals surface area contributed by atoms with Crippen LogP contribution in [0.5, 0.6) is 0 Å². The molecule has 11 aromatic carbocycles. The van der Waals surface area contributed by atoms with E-state index in [9.17, 15) is 19.2 Å². The van der Waals surface area contributed by atoms with Gasteiger partial charge in [0.15, 0.2) is 31.3 Å². The Labute approximate surface area is 818 Å². The molecule has 0 bridgehead atoms. The van der Waals surface area contributed by atoms with Crippen molar-refractivity contribution in [3.05, 3.63) is 394 Å². The normalized spacial score (nSPS) is 25.4. The molecular formula is C113H114N2O26. The van der Waals surface area contributed by atoms with Gasteiger partial charge in [0.1, 0.15) is 104 Å². The van der Waals surface area contributed by atoms with Crippen molar-refractivity contribution in [2.75, 3.05) is 19.8 Å². The van der Waals surface area contributed by atoms with Gasteiger partial charge in [-0.15, -0.1) is 0 Å². The van der Waals surface area contributed by atoms with E-state index in [4.69, 9.17) is 85.3 Å². The highest BCUT2D eigenvalue weighted by atomic mass is 16.8. The van der Waals surface area contributed by atoms with Crippen LogP contribution in [0, 0.1) is 0 Å². The van der Waals surface area contributed by atoms with E-state index >= 15 is 19.2 Å². The number of ether oxygens (including phenoxy) is 18. The zero-order chi connectivity index (χ0) is 97.3. The summed E-state index contributed by atoms with van der Waals surface area (Å²) in [6, 6.07) is 93.2. The van der Waals surface area contributed by atoms with Gasteiger partial charge in [-0.1, -0.05) is 297 Å². The topological polar surface area (TPSA) is 309 Å². The largest absolute Gasteiger partial charge is 0.463 e. The number of Topliss-reactive ketones (excluding diaryl/α,β-unsaturated/α-hetero) is 2. The Morgan fingerprint density at radius 2 is 0.546 bits per heavy atom. The quantitative estimate of drug-likeness (QED) is 0.0253. The van der Waals surface area contributed by atoms with Crippen molar-refractivity contribution in [3.63, 3.8) is 0 Å². The Bertz CT molecular complexity index is 5840. The van der Waals surface area contributed by atoms with Gasteiger partial charge in [0.25, 0.3) is 23.6 Å². The highest BCUT2D eigenvalue weighted by molar-refractivity contribution is 6.22. The van der Waals surface area contributed by atoms with Crippen molar-refractivity contribution < 1.29 is 124 Å². The Hall–Kier alpha value is -12.7. The van der Waals surface area contributed by atoms with Crippen LogP contribution in [-0.4, -0.2) is 199 Å². The SMILES string of the molecule is CC(=O)CCC(=O)OC[C@H]1O[C@@H](O[C@H]2[C@H](OCc3ccccc3)[C@@H](N3C(=O)c4ccccc4C3=O)[C@H](O[C@H]3[C@H](OCc4ccccc4)[C@@H](N4C(=O)c5ccccc5C4=O)[C@H](OCc4ccccc4)O[C@@H]3CO[C@@H]3O[C@@H](C)[C@@H](OCc4ccccc4)[C@@H](OCc4ccccc4)[C@@H]3OCc3ccccc3)O[C@@H]2COCc2ccccc2)[C@@H](OCc2ccccc2)[C@@H](OC(=O)CCC(C)=O)[C@@H]1OCc1ccccc1. The summed E-state index contributed by atoms with van der Waals surface area (Å²) in [4.78, 5) is 121. The first-order valence-electron chi connectivity index (χ1n) is 47.7. The molecule has 6 aliphatic heterocycles. The Morgan fingerprint density at radius 3 is 0.936 bits per heavy atom. The van der Waals surface area contributed by atoms with Crippen LogP contribution in [0.1, 0.15) is 138 Å². The van der Waals surface area contributed by atoms with Gasteiger partial charge >= 0.3 is 11.9 Å². The lowest BCUT2D eigenvalue weighted by Crippen LogP contribution is -2.72. The molecule has 4 amide bonds. The zero-order valence-electron chi connectivity index (χ0n) is 78.5. The summed E-state index contributed by atoms with van der Waals surface area (Å²) in [5.74, 6) is -5.37. The van der Waals surface area contributed by atoms with Crippen LogP contribution < -0.4 is 0 Å². The molecule has 28 nitrogen and oxygen atoms in total. The number of rotatable bonds is 46. The van der Waals surface area contributed by atoms with Gasteiger partial charge in [0.2, 0.25) is 0 Å². The summed E-state index contributed by atoms with van der Waals surface area (Å²) < 4.78 is 130. The maximum absolute atomic E-state index is 16.5. The first kappa shape index (κ1) is 99.9. The maximum Gasteiger partial charge on any atom is 0.306 e. The summed E-state index contributed by atoms with van der Waals surface area (Å²) in [6.07, 6.45) is -27.7. The highest BCUT2D eigenvalue weighted by Gasteiger charge is 2.63. The molecule has 0 N–H and O–H groups in total. The molecular weight excluding hydrogens is 1800 g/mol. The maximum atomic E-state index is 16.5. The molecule has 20 atom stereocenters. The van der Waals surface area contributed by atoms with E-state index in [0.29, 0.717) is 27.8 Å². The third-order valence-corrected chi connectivity index (χ3v) is 25.5. The molecule has 0 saturated carbocycles. The van der Waals surface area contributed by atoms with Crippen molar-refractivity contribution in [1.82, 2.24) is 9.80 Å². The summed E-state index contributed by atoms with van der Waals surface area (Å²) in [5, 5.41) is 0. The van der Waals surface area contributed by atoms with Gasteiger partial charge in [-0.2, -0.15) is 0 Å². The number of carbonyl (C=O) groups excluding carboxylic acids is 8. The fourth-order valence-corrected chi connectivity index (χ4v) is 18.3. The molecule has 141 heavy (non-hydrogen) atoms. The van der Waals surface area contributed by atoms with Crippen LogP contribution in [0.15, 0.2) is 322 Å². The monoisotopic (exact) mass is 1910 g/mol. The second kappa shape index (κ2) is 49.2. The zero-order valence-corrected chi connectivity index (χ0v) is 78.5. The van der Waals surface area contributed by atoms with E-state index < -0.39 is 185 Å². The lowest BCUT2D eigenvalue weighted by molar-refractivity contribution is -0.380.